The molecule has 1 aliphatic rings. The second-order valence-electron chi connectivity index (χ2n) is 6.78. The molecule has 1 N–H and O–H groups in total. The molecular formula is C19H21N3O3S2. The molecule has 0 saturated heterocycles. The zero-order valence-electron chi connectivity index (χ0n) is 15.1. The summed E-state index contributed by atoms with van der Waals surface area (Å²) in [5, 5.41) is 0. The standard InChI is InChI=1S/C19H21N3O3S2/c1-13-17(27(24,25)20-12-11-14-7-3-2-4-8-14)18(23)22-15-9-5-6-10-16(15)26-19(22)21-13/h5-7,9-10,20H,2-4,8,11-12H2,1H3. The molecular weight excluding hydrogens is 382 g/mol. The van der Waals surface area contributed by atoms with Crippen LogP contribution in [0.3, 0.4) is 0 Å². The molecule has 3 aromatic rings. The molecule has 0 atom stereocenters. The molecule has 1 aromatic carbocycles. The maximum absolute atomic E-state index is 13.0. The summed E-state index contributed by atoms with van der Waals surface area (Å²) >= 11 is 1.38. The third-order valence-electron chi connectivity index (χ3n) is 4.88. The first-order valence-electron chi connectivity index (χ1n) is 9.06. The van der Waals surface area contributed by atoms with Crippen LogP contribution in [0.4, 0.5) is 0 Å². The number of hydrogen-bond donors (Lipinski definition) is 1. The van der Waals surface area contributed by atoms with E-state index in [1.54, 1.807) is 13.0 Å². The number of fused-ring (bicyclic) bond motifs is 3. The zero-order chi connectivity index (χ0) is 19.0. The number of aryl methyl sites for hydroxylation is 1. The van der Waals surface area contributed by atoms with Crippen molar-refractivity contribution in [1.82, 2.24) is 14.1 Å². The Labute approximate surface area is 161 Å². The minimum Gasteiger partial charge on any atom is -0.267 e. The predicted octanol–water partition coefficient (Wildman–Crippen LogP) is 3.39. The molecule has 27 heavy (non-hydrogen) atoms. The van der Waals surface area contributed by atoms with Gasteiger partial charge in [0.15, 0.2) is 9.86 Å². The third kappa shape index (κ3) is 3.44. The second-order valence-corrected chi connectivity index (χ2v) is 9.49. The number of thiazole rings is 1. The highest BCUT2D eigenvalue weighted by atomic mass is 32.2. The zero-order valence-corrected chi connectivity index (χ0v) is 16.7. The van der Waals surface area contributed by atoms with Crippen LogP contribution in [0.2, 0.25) is 0 Å². The van der Waals surface area contributed by atoms with Crippen molar-refractivity contribution >= 4 is 36.5 Å². The molecule has 8 heteroatoms. The van der Waals surface area contributed by atoms with Gasteiger partial charge in [0.05, 0.1) is 15.9 Å². The minimum atomic E-state index is -3.93. The van der Waals surface area contributed by atoms with Crippen molar-refractivity contribution in [1.29, 1.82) is 0 Å². The number of hydrogen-bond acceptors (Lipinski definition) is 5. The first-order valence-corrected chi connectivity index (χ1v) is 11.4. The summed E-state index contributed by atoms with van der Waals surface area (Å²) in [6.45, 7) is 1.87. The molecule has 0 amide bonds. The summed E-state index contributed by atoms with van der Waals surface area (Å²) in [5.74, 6) is 0. The Bertz CT molecular complexity index is 1210. The summed E-state index contributed by atoms with van der Waals surface area (Å²) in [7, 11) is -3.93. The molecule has 2 heterocycles. The van der Waals surface area contributed by atoms with Crippen molar-refractivity contribution in [2.75, 3.05) is 6.54 Å². The third-order valence-corrected chi connectivity index (χ3v) is 7.49. The van der Waals surface area contributed by atoms with Crippen LogP contribution in [-0.4, -0.2) is 24.3 Å². The van der Waals surface area contributed by atoms with Gasteiger partial charge in [0.25, 0.3) is 5.56 Å². The fourth-order valence-electron chi connectivity index (χ4n) is 3.55. The van der Waals surface area contributed by atoms with Gasteiger partial charge in [-0.25, -0.2) is 22.5 Å². The van der Waals surface area contributed by atoms with Crippen LogP contribution >= 0.6 is 11.3 Å². The van der Waals surface area contributed by atoms with Crippen molar-refractivity contribution in [3.05, 3.63) is 52.0 Å². The molecule has 6 nitrogen and oxygen atoms in total. The molecule has 0 radical (unpaired) electrons. The van der Waals surface area contributed by atoms with Crippen LogP contribution in [0.15, 0.2) is 45.6 Å². The average Bonchev–Trinajstić information content (AvgIpc) is 3.00. The Kier molecular flexibility index (Phi) is 4.88. The van der Waals surface area contributed by atoms with Gasteiger partial charge < -0.3 is 0 Å². The smallest absolute Gasteiger partial charge is 0.267 e. The van der Waals surface area contributed by atoms with Crippen LogP contribution in [0.25, 0.3) is 15.2 Å². The molecule has 0 bridgehead atoms. The molecule has 142 valence electrons. The average molecular weight is 404 g/mol. The van der Waals surface area contributed by atoms with E-state index in [9.17, 15) is 13.2 Å². The van der Waals surface area contributed by atoms with Crippen molar-refractivity contribution in [3.63, 3.8) is 0 Å². The number of sulfonamides is 1. The highest BCUT2D eigenvalue weighted by Crippen LogP contribution is 2.25. The lowest BCUT2D eigenvalue weighted by molar-refractivity contribution is 0.576. The van der Waals surface area contributed by atoms with E-state index in [1.807, 2.05) is 18.2 Å². The number of benzene rings is 1. The van der Waals surface area contributed by atoms with Crippen LogP contribution < -0.4 is 10.3 Å². The Morgan fingerprint density at radius 1 is 1.26 bits per heavy atom. The Morgan fingerprint density at radius 2 is 2.07 bits per heavy atom. The topological polar surface area (TPSA) is 80.5 Å². The fraction of sp³-hybridized carbons (Fsp3) is 0.368. The van der Waals surface area contributed by atoms with E-state index in [2.05, 4.69) is 15.8 Å². The molecule has 0 fully saturated rings. The highest BCUT2D eigenvalue weighted by molar-refractivity contribution is 7.89. The van der Waals surface area contributed by atoms with Gasteiger partial charge in [0, 0.05) is 6.54 Å². The molecule has 4 rings (SSSR count). The van der Waals surface area contributed by atoms with E-state index < -0.39 is 15.6 Å². The summed E-state index contributed by atoms with van der Waals surface area (Å²) < 4.78 is 30.6. The van der Waals surface area contributed by atoms with E-state index in [4.69, 9.17) is 0 Å². The number of nitrogens with one attached hydrogen (secondary N) is 1. The Balaban J connectivity index is 1.70. The van der Waals surface area contributed by atoms with E-state index in [-0.39, 0.29) is 10.6 Å². The lowest BCUT2D eigenvalue weighted by atomic mass is 9.97. The van der Waals surface area contributed by atoms with Crippen LogP contribution in [0.5, 0.6) is 0 Å². The van der Waals surface area contributed by atoms with Gasteiger partial charge in [0.2, 0.25) is 10.0 Å². The summed E-state index contributed by atoms with van der Waals surface area (Å²) in [4.78, 5) is 17.7. The largest absolute Gasteiger partial charge is 0.279 e. The maximum Gasteiger partial charge on any atom is 0.279 e. The minimum absolute atomic E-state index is 0.232. The van der Waals surface area contributed by atoms with Gasteiger partial charge in [0.1, 0.15) is 0 Å². The van der Waals surface area contributed by atoms with E-state index in [1.165, 1.54) is 27.7 Å². The molecule has 0 saturated carbocycles. The normalized spacial score (nSPS) is 15.4. The highest BCUT2D eigenvalue weighted by Gasteiger charge is 2.25. The number of nitrogens with zero attached hydrogens (tertiary/aromatic N) is 2. The number of para-hydroxylation sites is 1. The van der Waals surface area contributed by atoms with Gasteiger partial charge >= 0.3 is 0 Å². The van der Waals surface area contributed by atoms with Crippen LogP contribution in [0, 0.1) is 6.92 Å². The van der Waals surface area contributed by atoms with Crippen molar-refractivity contribution in [3.8, 4) is 0 Å². The summed E-state index contributed by atoms with van der Waals surface area (Å²) in [5.41, 5.74) is 1.66. The van der Waals surface area contributed by atoms with Crippen molar-refractivity contribution < 1.29 is 8.42 Å². The fourth-order valence-corrected chi connectivity index (χ4v) is 5.89. The van der Waals surface area contributed by atoms with Gasteiger partial charge in [-0.2, -0.15) is 0 Å². The molecule has 0 aliphatic heterocycles. The van der Waals surface area contributed by atoms with E-state index >= 15 is 0 Å². The number of allylic oxidation sites excluding steroid dienone is 1. The van der Waals surface area contributed by atoms with Crippen molar-refractivity contribution in [2.45, 2.75) is 43.9 Å². The van der Waals surface area contributed by atoms with Gasteiger partial charge in [-0.15, -0.1) is 0 Å². The van der Waals surface area contributed by atoms with Gasteiger partial charge in [-0.3, -0.25) is 4.79 Å². The quantitative estimate of drug-likeness (QED) is 0.662. The second kappa shape index (κ2) is 7.18. The SMILES string of the molecule is Cc1nc2sc3ccccc3n2c(=O)c1S(=O)(=O)NCCC1=CCCCC1. The lowest BCUT2D eigenvalue weighted by Crippen LogP contribution is -2.33. The molecule has 1 aliphatic carbocycles. The Morgan fingerprint density at radius 3 is 2.85 bits per heavy atom. The molecule has 2 aromatic heterocycles. The molecule has 0 unspecified atom stereocenters. The van der Waals surface area contributed by atoms with Gasteiger partial charge in [-0.1, -0.05) is 35.1 Å². The van der Waals surface area contributed by atoms with Crippen LogP contribution in [0.1, 0.15) is 37.8 Å². The van der Waals surface area contributed by atoms with E-state index in [0.29, 0.717) is 23.4 Å². The van der Waals surface area contributed by atoms with Gasteiger partial charge in [-0.05, 0) is 51.2 Å². The number of rotatable bonds is 5. The predicted molar refractivity (Wildman–Crippen MR) is 108 cm³/mol. The monoisotopic (exact) mass is 403 g/mol. The number of aromatic nitrogens is 2. The molecule has 0 spiro atoms. The van der Waals surface area contributed by atoms with E-state index in [0.717, 1.165) is 24.0 Å². The summed E-state index contributed by atoms with van der Waals surface area (Å²) in [6.07, 6.45) is 7.32. The lowest BCUT2D eigenvalue weighted by Gasteiger charge is -2.13. The van der Waals surface area contributed by atoms with Crippen molar-refractivity contribution in [2.24, 2.45) is 0 Å². The van der Waals surface area contributed by atoms with Crippen LogP contribution in [-0.2, 0) is 10.0 Å². The first kappa shape index (κ1) is 18.3. The summed E-state index contributed by atoms with van der Waals surface area (Å²) in [6, 6.07) is 7.41. The Hall–Kier alpha value is -2.03. The maximum atomic E-state index is 13.0. The first-order chi connectivity index (χ1) is 13.0.